The molecule has 0 aromatic heterocycles. The molecular formula is C15H16N2OS. The van der Waals surface area contributed by atoms with E-state index in [-0.39, 0.29) is 5.91 Å². The van der Waals surface area contributed by atoms with E-state index in [1.807, 2.05) is 61.8 Å². The van der Waals surface area contributed by atoms with Crippen molar-refractivity contribution in [3.05, 3.63) is 54.1 Å². The highest BCUT2D eigenvalue weighted by Crippen LogP contribution is 2.25. The van der Waals surface area contributed by atoms with Crippen molar-refractivity contribution in [2.75, 3.05) is 23.9 Å². The fourth-order valence-corrected chi connectivity index (χ4v) is 2.28. The van der Waals surface area contributed by atoms with Crippen LogP contribution in [0.4, 0.5) is 11.4 Å². The minimum Gasteiger partial charge on any atom is -0.388 e. The van der Waals surface area contributed by atoms with Crippen LogP contribution in [0.3, 0.4) is 0 Å². The average Bonchev–Trinajstić information content (AvgIpc) is 2.48. The summed E-state index contributed by atoms with van der Waals surface area (Å²) in [5.74, 6) is -0.0934. The highest BCUT2D eigenvalue weighted by Gasteiger charge is 2.08. The van der Waals surface area contributed by atoms with Crippen molar-refractivity contribution < 1.29 is 4.79 Å². The summed E-state index contributed by atoms with van der Waals surface area (Å²) in [6.45, 7) is 0. The zero-order valence-electron chi connectivity index (χ0n) is 10.9. The Morgan fingerprint density at radius 2 is 1.74 bits per heavy atom. The zero-order valence-corrected chi connectivity index (χ0v) is 11.8. The second-order valence-corrected chi connectivity index (χ2v) is 4.83. The fraction of sp³-hybridized carbons (Fsp3) is 0.133. The first kappa shape index (κ1) is 13.5. The molecule has 2 N–H and O–H groups in total. The van der Waals surface area contributed by atoms with Crippen LogP contribution in [0.15, 0.2) is 53.4 Å². The van der Waals surface area contributed by atoms with Crippen molar-refractivity contribution >= 4 is 29.0 Å². The Bertz CT molecular complexity index is 567. The largest absolute Gasteiger partial charge is 0.388 e. The number of carbonyl (C=O) groups excluding carboxylic acids is 1. The summed E-state index contributed by atoms with van der Waals surface area (Å²) in [5, 5.41) is 5.96. The van der Waals surface area contributed by atoms with Gasteiger partial charge in [-0.3, -0.25) is 4.79 Å². The van der Waals surface area contributed by atoms with Gasteiger partial charge < -0.3 is 10.6 Å². The standard InChI is InChI=1S/C15H16N2OS/c1-16-12-9-7-11(8-10-12)15(18)17-13-5-3-4-6-14(13)19-2/h3-10,16H,1-2H3,(H,17,18). The Balaban J connectivity index is 2.16. The molecule has 19 heavy (non-hydrogen) atoms. The number of carbonyl (C=O) groups is 1. The zero-order chi connectivity index (χ0) is 13.7. The molecule has 0 aliphatic carbocycles. The van der Waals surface area contributed by atoms with E-state index in [9.17, 15) is 4.79 Å². The molecule has 0 atom stereocenters. The van der Waals surface area contributed by atoms with Gasteiger partial charge in [0, 0.05) is 23.2 Å². The van der Waals surface area contributed by atoms with E-state index in [4.69, 9.17) is 0 Å². The van der Waals surface area contributed by atoms with Crippen molar-refractivity contribution in [1.29, 1.82) is 0 Å². The predicted molar refractivity (Wildman–Crippen MR) is 82.2 cm³/mol. The SMILES string of the molecule is CNc1ccc(C(=O)Nc2ccccc2SC)cc1. The Morgan fingerprint density at radius 1 is 1.05 bits per heavy atom. The van der Waals surface area contributed by atoms with Crippen LogP contribution >= 0.6 is 11.8 Å². The molecule has 0 bridgehead atoms. The van der Waals surface area contributed by atoms with Gasteiger partial charge in [-0.1, -0.05) is 12.1 Å². The molecule has 2 aromatic rings. The number of thioether (sulfide) groups is 1. The van der Waals surface area contributed by atoms with Crippen LogP contribution < -0.4 is 10.6 Å². The van der Waals surface area contributed by atoms with Crippen molar-refractivity contribution in [2.24, 2.45) is 0 Å². The van der Waals surface area contributed by atoms with E-state index in [2.05, 4.69) is 10.6 Å². The first-order valence-electron chi connectivity index (χ1n) is 5.97. The van der Waals surface area contributed by atoms with Gasteiger partial charge in [-0.2, -0.15) is 0 Å². The van der Waals surface area contributed by atoms with Gasteiger partial charge in [-0.15, -0.1) is 11.8 Å². The second kappa shape index (κ2) is 6.29. The van der Waals surface area contributed by atoms with Crippen molar-refractivity contribution in [2.45, 2.75) is 4.90 Å². The number of amides is 1. The van der Waals surface area contributed by atoms with Gasteiger partial charge in [0.15, 0.2) is 0 Å². The number of anilines is 2. The third-order valence-corrected chi connectivity index (χ3v) is 3.59. The first-order valence-corrected chi connectivity index (χ1v) is 7.19. The Hall–Kier alpha value is -1.94. The van der Waals surface area contributed by atoms with E-state index >= 15 is 0 Å². The predicted octanol–water partition coefficient (Wildman–Crippen LogP) is 3.70. The van der Waals surface area contributed by atoms with Crippen molar-refractivity contribution in [1.82, 2.24) is 0 Å². The molecule has 3 nitrogen and oxygen atoms in total. The molecule has 0 heterocycles. The molecule has 0 aliphatic heterocycles. The Kier molecular flexibility index (Phi) is 4.47. The summed E-state index contributed by atoms with van der Waals surface area (Å²) >= 11 is 1.61. The quantitative estimate of drug-likeness (QED) is 0.834. The molecular weight excluding hydrogens is 256 g/mol. The average molecular weight is 272 g/mol. The smallest absolute Gasteiger partial charge is 0.255 e. The van der Waals surface area contributed by atoms with Gasteiger partial charge in [0.1, 0.15) is 0 Å². The lowest BCUT2D eigenvalue weighted by Crippen LogP contribution is -2.12. The molecule has 98 valence electrons. The topological polar surface area (TPSA) is 41.1 Å². The lowest BCUT2D eigenvalue weighted by Gasteiger charge is -2.09. The van der Waals surface area contributed by atoms with Crippen molar-refractivity contribution in [3.63, 3.8) is 0 Å². The molecule has 0 radical (unpaired) electrons. The van der Waals surface area contributed by atoms with Gasteiger partial charge in [0.25, 0.3) is 5.91 Å². The van der Waals surface area contributed by atoms with Crippen LogP contribution in [0.2, 0.25) is 0 Å². The van der Waals surface area contributed by atoms with Gasteiger partial charge >= 0.3 is 0 Å². The van der Waals surface area contributed by atoms with E-state index in [0.29, 0.717) is 5.56 Å². The summed E-state index contributed by atoms with van der Waals surface area (Å²) in [7, 11) is 1.85. The second-order valence-electron chi connectivity index (χ2n) is 3.98. The summed E-state index contributed by atoms with van der Waals surface area (Å²) < 4.78 is 0. The minimum atomic E-state index is -0.0934. The number of hydrogen-bond acceptors (Lipinski definition) is 3. The number of para-hydroxylation sites is 1. The molecule has 0 unspecified atom stereocenters. The van der Waals surface area contributed by atoms with E-state index in [0.717, 1.165) is 16.3 Å². The molecule has 0 saturated heterocycles. The lowest BCUT2D eigenvalue weighted by atomic mass is 10.2. The third kappa shape index (κ3) is 3.29. The normalized spacial score (nSPS) is 10.0. The highest BCUT2D eigenvalue weighted by atomic mass is 32.2. The van der Waals surface area contributed by atoms with E-state index in [1.54, 1.807) is 11.8 Å². The molecule has 2 aromatic carbocycles. The monoisotopic (exact) mass is 272 g/mol. The maximum atomic E-state index is 12.1. The molecule has 0 fully saturated rings. The molecule has 0 aliphatic rings. The summed E-state index contributed by atoms with van der Waals surface area (Å²) in [5.41, 5.74) is 2.48. The third-order valence-electron chi connectivity index (χ3n) is 2.79. The number of rotatable bonds is 4. The molecule has 4 heteroatoms. The minimum absolute atomic E-state index is 0.0934. The Morgan fingerprint density at radius 3 is 2.37 bits per heavy atom. The van der Waals surface area contributed by atoms with Gasteiger partial charge in [-0.05, 0) is 42.7 Å². The highest BCUT2D eigenvalue weighted by molar-refractivity contribution is 7.98. The summed E-state index contributed by atoms with van der Waals surface area (Å²) in [6, 6.07) is 15.2. The van der Waals surface area contributed by atoms with E-state index < -0.39 is 0 Å². The fourth-order valence-electron chi connectivity index (χ4n) is 1.73. The number of nitrogens with one attached hydrogen (secondary N) is 2. The molecule has 1 amide bonds. The molecule has 2 rings (SSSR count). The van der Waals surface area contributed by atoms with Gasteiger partial charge in [0.2, 0.25) is 0 Å². The molecule has 0 saturated carbocycles. The number of benzene rings is 2. The van der Waals surface area contributed by atoms with Crippen LogP contribution in [0.1, 0.15) is 10.4 Å². The summed E-state index contributed by atoms with van der Waals surface area (Å²) in [6.07, 6.45) is 1.99. The lowest BCUT2D eigenvalue weighted by molar-refractivity contribution is 0.102. The maximum Gasteiger partial charge on any atom is 0.255 e. The first-order chi connectivity index (χ1) is 9.24. The molecule has 0 spiro atoms. The van der Waals surface area contributed by atoms with E-state index in [1.165, 1.54) is 0 Å². The Labute approximate surface area is 117 Å². The van der Waals surface area contributed by atoms with Gasteiger partial charge in [-0.25, -0.2) is 0 Å². The number of hydrogen-bond donors (Lipinski definition) is 2. The van der Waals surface area contributed by atoms with Gasteiger partial charge in [0.05, 0.1) is 5.69 Å². The van der Waals surface area contributed by atoms with Crippen LogP contribution in [0, 0.1) is 0 Å². The summed E-state index contributed by atoms with van der Waals surface area (Å²) in [4.78, 5) is 13.2. The van der Waals surface area contributed by atoms with Crippen molar-refractivity contribution in [3.8, 4) is 0 Å². The van der Waals surface area contributed by atoms with Crippen LogP contribution in [-0.2, 0) is 0 Å². The van der Waals surface area contributed by atoms with Crippen LogP contribution in [0.5, 0.6) is 0 Å². The van der Waals surface area contributed by atoms with Crippen LogP contribution in [-0.4, -0.2) is 19.2 Å². The van der Waals surface area contributed by atoms with Crippen LogP contribution in [0.25, 0.3) is 0 Å². The maximum absolute atomic E-state index is 12.1.